The molecule has 5 heteroatoms. The number of aliphatic hydroxyl groups excluding tert-OH is 1. The summed E-state index contributed by atoms with van der Waals surface area (Å²) in [6, 6.07) is 3.36. The van der Waals surface area contributed by atoms with Crippen molar-refractivity contribution in [1.82, 2.24) is 0 Å². The average molecular weight is 206 g/mol. The fourth-order valence-electron chi connectivity index (χ4n) is 1.11. The number of benzene rings is 1. The van der Waals surface area contributed by atoms with Crippen molar-refractivity contribution in [1.29, 1.82) is 0 Å². The van der Waals surface area contributed by atoms with E-state index in [1.807, 2.05) is 0 Å². The molecule has 1 aromatic rings. The number of aliphatic hydroxyl groups is 1. The van der Waals surface area contributed by atoms with Gasteiger partial charge in [0.1, 0.15) is 23.7 Å². The van der Waals surface area contributed by atoms with Gasteiger partial charge in [-0.05, 0) is 12.1 Å². The van der Waals surface area contributed by atoms with E-state index in [2.05, 4.69) is 4.74 Å². The van der Waals surface area contributed by atoms with Gasteiger partial charge in [-0.2, -0.15) is 8.78 Å². The smallest absolute Gasteiger partial charge is 0.302 e. The molecule has 0 saturated heterocycles. The first-order valence-corrected chi connectivity index (χ1v) is 3.84. The molecule has 0 saturated carbocycles. The SMILES string of the molecule is COc1cccc(F)c1C(F)(F)CO. The highest BCUT2D eigenvalue weighted by Gasteiger charge is 2.36. The van der Waals surface area contributed by atoms with Gasteiger partial charge < -0.3 is 9.84 Å². The van der Waals surface area contributed by atoms with Gasteiger partial charge in [0.15, 0.2) is 0 Å². The van der Waals surface area contributed by atoms with Gasteiger partial charge >= 0.3 is 5.92 Å². The van der Waals surface area contributed by atoms with Gasteiger partial charge in [-0.3, -0.25) is 0 Å². The molecule has 0 amide bonds. The van der Waals surface area contributed by atoms with Crippen molar-refractivity contribution >= 4 is 0 Å². The van der Waals surface area contributed by atoms with Crippen LogP contribution in [0.5, 0.6) is 5.75 Å². The van der Waals surface area contributed by atoms with Gasteiger partial charge in [0, 0.05) is 0 Å². The average Bonchev–Trinajstić information content (AvgIpc) is 2.17. The minimum atomic E-state index is -3.63. The van der Waals surface area contributed by atoms with Crippen LogP contribution in [0.15, 0.2) is 18.2 Å². The predicted molar refractivity (Wildman–Crippen MR) is 43.9 cm³/mol. The van der Waals surface area contributed by atoms with Crippen molar-refractivity contribution in [2.45, 2.75) is 5.92 Å². The van der Waals surface area contributed by atoms with Crippen molar-refractivity contribution < 1.29 is 23.0 Å². The van der Waals surface area contributed by atoms with Gasteiger partial charge in [-0.25, -0.2) is 4.39 Å². The fourth-order valence-corrected chi connectivity index (χ4v) is 1.11. The minimum absolute atomic E-state index is 0.274. The molecular formula is C9H9F3O2. The van der Waals surface area contributed by atoms with E-state index >= 15 is 0 Å². The maximum Gasteiger partial charge on any atom is 0.302 e. The lowest BCUT2D eigenvalue weighted by molar-refractivity contribution is -0.0598. The van der Waals surface area contributed by atoms with Crippen LogP contribution in [-0.2, 0) is 5.92 Å². The van der Waals surface area contributed by atoms with E-state index in [0.717, 1.165) is 13.2 Å². The Hall–Kier alpha value is -1.23. The van der Waals surface area contributed by atoms with Crippen molar-refractivity contribution in [2.75, 3.05) is 13.7 Å². The summed E-state index contributed by atoms with van der Waals surface area (Å²) in [4.78, 5) is 0. The Labute approximate surface area is 78.9 Å². The summed E-state index contributed by atoms with van der Waals surface area (Å²) in [5.74, 6) is -5.00. The molecule has 1 rings (SSSR count). The number of rotatable bonds is 3. The van der Waals surface area contributed by atoms with E-state index < -0.39 is 23.9 Å². The Bertz CT molecular complexity index is 326. The summed E-state index contributed by atoms with van der Waals surface area (Å²) in [6.07, 6.45) is 0. The first-order valence-electron chi connectivity index (χ1n) is 3.84. The summed E-state index contributed by atoms with van der Waals surface area (Å²) < 4.78 is 43.7. The van der Waals surface area contributed by atoms with Gasteiger partial charge in [0.2, 0.25) is 0 Å². The molecule has 0 spiro atoms. The molecule has 0 atom stereocenters. The lowest BCUT2D eigenvalue weighted by Gasteiger charge is -2.17. The fraction of sp³-hybridized carbons (Fsp3) is 0.333. The zero-order valence-electron chi connectivity index (χ0n) is 7.43. The number of alkyl halides is 2. The molecule has 1 N–H and O–H groups in total. The van der Waals surface area contributed by atoms with Crippen LogP contribution in [0.4, 0.5) is 13.2 Å². The van der Waals surface area contributed by atoms with Crippen LogP contribution in [0.25, 0.3) is 0 Å². The van der Waals surface area contributed by atoms with Gasteiger partial charge in [0.05, 0.1) is 7.11 Å². The van der Waals surface area contributed by atoms with E-state index in [4.69, 9.17) is 5.11 Å². The highest BCUT2D eigenvalue weighted by Crippen LogP contribution is 2.36. The number of methoxy groups -OCH3 is 1. The Morgan fingerprint density at radius 1 is 1.43 bits per heavy atom. The molecular weight excluding hydrogens is 197 g/mol. The number of ether oxygens (including phenoxy) is 1. The topological polar surface area (TPSA) is 29.5 Å². The largest absolute Gasteiger partial charge is 0.496 e. The lowest BCUT2D eigenvalue weighted by atomic mass is 10.1. The maximum atomic E-state index is 13.0. The zero-order chi connectivity index (χ0) is 10.8. The second kappa shape index (κ2) is 3.88. The predicted octanol–water partition coefficient (Wildman–Crippen LogP) is 1.92. The molecule has 2 nitrogen and oxygen atoms in total. The molecule has 0 fully saturated rings. The second-order valence-electron chi connectivity index (χ2n) is 2.68. The first kappa shape index (κ1) is 10.8. The molecule has 0 aliphatic rings. The van der Waals surface area contributed by atoms with Crippen LogP contribution in [0, 0.1) is 5.82 Å². The molecule has 0 aromatic heterocycles. The Morgan fingerprint density at radius 2 is 2.07 bits per heavy atom. The molecule has 14 heavy (non-hydrogen) atoms. The Balaban J connectivity index is 3.30. The van der Waals surface area contributed by atoms with Crippen LogP contribution in [0.3, 0.4) is 0 Å². The highest BCUT2D eigenvalue weighted by molar-refractivity contribution is 5.38. The standard InChI is InChI=1S/C9H9F3O2/c1-14-7-4-2-3-6(10)8(7)9(11,12)5-13/h2-4,13H,5H2,1H3. The van der Waals surface area contributed by atoms with Gasteiger partial charge in [-0.1, -0.05) is 6.07 Å². The van der Waals surface area contributed by atoms with Crippen molar-refractivity contribution in [2.24, 2.45) is 0 Å². The van der Waals surface area contributed by atoms with Gasteiger partial charge in [0.25, 0.3) is 0 Å². The maximum absolute atomic E-state index is 13.0. The van der Waals surface area contributed by atoms with E-state index in [0.29, 0.717) is 0 Å². The Morgan fingerprint density at radius 3 is 2.57 bits per heavy atom. The van der Waals surface area contributed by atoms with Crippen LogP contribution >= 0.6 is 0 Å². The summed E-state index contributed by atoms with van der Waals surface area (Å²) in [5.41, 5.74) is -0.912. The third-order valence-electron chi connectivity index (χ3n) is 1.76. The van der Waals surface area contributed by atoms with E-state index in [9.17, 15) is 13.2 Å². The normalized spacial score (nSPS) is 11.5. The van der Waals surface area contributed by atoms with Crippen molar-refractivity contribution in [3.63, 3.8) is 0 Å². The molecule has 1 aromatic carbocycles. The molecule has 0 radical (unpaired) electrons. The Kier molecular flexibility index (Phi) is 3.00. The number of hydrogen-bond donors (Lipinski definition) is 1. The summed E-state index contributed by atoms with van der Waals surface area (Å²) in [6.45, 7) is -1.45. The van der Waals surface area contributed by atoms with Crippen LogP contribution < -0.4 is 4.74 Å². The summed E-state index contributed by atoms with van der Waals surface area (Å²) >= 11 is 0. The van der Waals surface area contributed by atoms with Crippen molar-refractivity contribution in [3.8, 4) is 5.75 Å². The van der Waals surface area contributed by atoms with E-state index in [-0.39, 0.29) is 5.75 Å². The number of hydrogen-bond acceptors (Lipinski definition) is 2. The van der Waals surface area contributed by atoms with Crippen molar-refractivity contribution in [3.05, 3.63) is 29.6 Å². The minimum Gasteiger partial charge on any atom is -0.496 e. The monoisotopic (exact) mass is 206 g/mol. The van der Waals surface area contributed by atoms with Crippen LogP contribution in [0.1, 0.15) is 5.56 Å². The third-order valence-corrected chi connectivity index (χ3v) is 1.76. The van der Waals surface area contributed by atoms with E-state index in [1.165, 1.54) is 12.1 Å². The molecule has 0 unspecified atom stereocenters. The van der Waals surface area contributed by atoms with E-state index in [1.54, 1.807) is 0 Å². The molecule has 0 aliphatic carbocycles. The van der Waals surface area contributed by atoms with Gasteiger partial charge in [-0.15, -0.1) is 0 Å². The molecule has 78 valence electrons. The zero-order valence-corrected chi connectivity index (χ0v) is 7.43. The summed E-state index contributed by atoms with van der Waals surface area (Å²) in [7, 11) is 1.16. The first-order chi connectivity index (χ1) is 6.53. The number of halogens is 3. The second-order valence-corrected chi connectivity index (χ2v) is 2.68. The third kappa shape index (κ3) is 1.82. The molecule has 0 bridgehead atoms. The van der Waals surface area contributed by atoms with Crippen LogP contribution in [-0.4, -0.2) is 18.8 Å². The highest BCUT2D eigenvalue weighted by atomic mass is 19.3. The quantitative estimate of drug-likeness (QED) is 0.818. The molecule has 0 heterocycles. The molecule has 0 aliphatic heterocycles. The lowest BCUT2D eigenvalue weighted by Crippen LogP contribution is -2.21. The van der Waals surface area contributed by atoms with Crippen LogP contribution in [0.2, 0.25) is 0 Å². The summed E-state index contributed by atoms with van der Waals surface area (Å²) in [5, 5.41) is 8.42.